The van der Waals surface area contributed by atoms with Crippen molar-refractivity contribution < 1.29 is 18.4 Å². The Morgan fingerprint density at radius 3 is 2.30 bits per heavy atom. The molecule has 0 spiro atoms. The third-order valence-corrected chi connectivity index (χ3v) is 7.51. The van der Waals surface area contributed by atoms with E-state index in [1.165, 1.54) is 34.3 Å². The van der Waals surface area contributed by atoms with Crippen molar-refractivity contribution in [1.29, 1.82) is 0 Å². The zero-order valence-electron chi connectivity index (χ0n) is 19.5. The normalized spacial score (nSPS) is 19.2. The lowest BCUT2D eigenvalue weighted by Gasteiger charge is -2.45. The van der Waals surface area contributed by atoms with E-state index in [-0.39, 0.29) is 6.04 Å². The molecule has 2 atom stereocenters. The predicted octanol–water partition coefficient (Wildman–Crippen LogP) is 6.02. The number of methoxy groups -OCH3 is 3. The molecule has 2 aliphatic heterocycles. The number of benzene rings is 3. The molecular formula is C27H29NO4S. The highest BCUT2D eigenvalue weighted by atomic mass is 32.2. The first-order valence-corrected chi connectivity index (χ1v) is 12.0. The lowest BCUT2D eigenvalue weighted by Crippen LogP contribution is -2.41. The highest BCUT2D eigenvalue weighted by molar-refractivity contribution is 7.95. The molecule has 0 radical (unpaired) electrons. The van der Waals surface area contributed by atoms with Gasteiger partial charge in [-0.25, -0.2) is 0 Å². The zero-order valence-corrected chi connectivity index (χ0v) is 20.3. The Hall–Kier alpha value is -2.83. The maximum Gasteiger partial charge on any atom is 0.184 e. The van der Waals surface area contributed by atoms with Gasteiger partial charge in [0.1, 0.15) is 0 Å². The summed E-state index contributed by atoms with van der Waals surface area (Å²) >= 11 is 1.38. The molecule has 0 aromatic heterocycles. The van der Waals surface area contributed by atoms with Crippen molar-refractivity contribution in [3.05, 3.63) is 76.9 Å². The molecule has 3 aromatic rings. The molecule has 0 fully saturated rings. The average molecular weight is 464 g/mol. The number of hydrogen-bond acceptors (Lipinski definition) is 6. The summed E-state index contributed by atoms with van der Waals surface area (Å²) in [7, 11) is 5.10. The number of ether oxygens (including phenoxy) is 3. The third-order valence-electron chi connectivity index (χ3n) is 6.80. The topological polar surface area (TPSA) is 40.2 Å². The molecule has 0 saturated heterocycles. The van der Waals surface area contributed by atoms with Crippen molar-refractivity contribution in [3.8, 4) is 23.0 Å². The van der Waals surface area contributed by atoms with E-state index in [0.29, 0.717) is 5.92 Å². The Kier molecular flexibility index (Phi) is 6.13. The fourth-order valence-electron chi connectivity index (χ4n) is 5.19. The second kappa shape index (κ2) is 9.20. The van der Waals surface area contributed by atoms with Crippen LogP contribution in [0.5, 0.6) is 23.0 Å². The molecule has 2 aliphatic rings. The Bertz CT molecular complexity index is 1150. The van der Waals surface area contributed by atoms with Crippen LogP contribution in [0, 0.1) is 0 Å². The lowest BCUT2D eigenvalue weighted by atomic mass is 9.77. The van der Waals surface area contributed by atoms with Crippen LogP contribution in [-0.4, -0.2) is 32.8 Å². The van der Waals surface area contributed by atoms with Crippen LogP contribution in [-0.2, 0) is 13.0 Å². The molecule has 5 nitrogen and oxygen atoms in total. The van der Waals surface area contributed by atoms with Gasteiger partial charge >= 0.3 is 0 Å². The molecule has 3 aromatic carbocycles. The molecule has 0 aliphatic carbocycles. The zero-order chi connectivity index (χ0) is 22.9. The van der Waals surface area contributed by atoms with Gasteiger partial charge < -0.3 is 18.4 Å². The fraction of sp³-hybridized carbons (Fsp3) is 0.333. The Labute approximate surface area is 199 Å². The maximum atomic E-state index is 6.31. The molecule has 2 heterocycles. The average Bonchev–Trinajstić information content (AvgIpc) is 2.86. The van der Waals surface area contributed by atoms with Gasteiger partial charge in [0.25, 0.3) is 0 Å². The summed E-state index contributed by atoms with van der Waals surface area (Å²) in [6.45, 7) is 4.11. The summed E-state index contributed by atoms with van der Waals surface area (Å²) in [5.74, 6) is 3.47. The minimum absolute atomic E-state index is 0.282. The number of nitrogens with zero attached hydrogens (tertiary/aromatic N) is 1. The Morgan fingerprint density at radius 2 is 1.58 bits per heavy atom. The molecule has 2 unspecified atom stereocenters. The molecule has 33 heavy (non-hydrogen) atoms. The van der Waals surface area contributed by atoms with Crippen molar-refractivity contribution >= 4 is 12.0 Å². The van der Waals surface area contributed by atoms with Gasteiger partial charge in [-0.1, -0.05) is 31.2 Å². The molecule has 0 saturated carbocycles. The number of hydrogen-bond donors (Lipinski definition) is 0. The van der Waals surface area contributed by atoms with Gasteiger partial charge in [0.2, 0.25) is 0 Å². The third kappa shape index (κ3) is 3.91. The second-order valence-electron chi connectivity index (χ2n) is 8.50. The second-order valence-corrected chi connectivity index (χ2v) is 9.31. The molecule has 0 bridgehead atoms. The van der Waals surface area contributed by atoms with Gasteiger partial charge in [-0.2, -0.15) is 0 Å². The van der Waals surface area contributed by atoms with Gasteiger partial charge in [0.05, 0.1) is 33.4 Å². The van der Waals surface area contributed by atoms with Crippen molar-refractivity contribution in [2.45, 2.75) is 36.7 Å². The summed E-state index contributed by atoms with van der Waals surface area (Å²) in [6, 6.07) is 19.0. The maximum absolute atomic E-state index is 6.31. The van der Waals surface area contributed by atoms with E-state index in [2.05, 4.69) is 42.2 Å². The van der Waals surface area contributed by atoms with Crippen molar-refractivity contribution in [3.63, 3.8) is 0 Å². The first-order valence-electron chi connectivity index (χ1n) is 11.2. The molecule has 6 heteroatoms. The van der Waals surface area contributed by atoms with Crippen LogP contribution in [0.25, 0.3) is 0 Å². The summed E-state index contributed by atoms with van der Waals surface area (Å²) in [6.07, 6.45) is 0.979. The van der Waals surface area contributed by atoms with E-state index in [1.807, 2.05) is 24.3 Å². The highest BCUT2D eigenvalue weighted by Gasteiger charge is 2.39. The predicted molar refractivity (Wildman–Crippen MR) is 131 cm³/mol. The molecule has 0 N–H and O–H groups in total. The van der Waals surface area contributed by atoms with Crippen LogP contribution in [0.3, 0.4) is 0 Å². The van der Waals surface area contributed by atoms with Crippen LogP contribution >= 0.6 is 12.0 Å². The fourth-order valence-corrected chi connectivity index (χ4v) is 5.82. The molecular weight excluding hydrogens is 434 g/mol. The number of fused-ring (bicyclic) bond motifs is 4. The van der Waals surface area contributed by atoms with Crippen LogP contribution in [0.4, 0.5) is 0 Å². The van der Waals surface area contributed by atoms with Crippen molar-refractivity contribution in [2.24, 2.45) is 0 Å². The van der Waals surface area contributed by atoms with Gasteiger partial charge in [0, 0.05) is 35.5 Å². The van der Waals surface area contributed by atoms with Gasteiger partial charge in [-0.3, -0.25) is 4.90 Å². The van der Waals surface area contributed by atoms with Crippen LogP contribution in [0.15, 0.2) is 59.5 Å². The SMILES string of the molecule is COc1cc2c(cc1OC)C1C(C)c3ccc(OC)c(OSc4ccccc4)c3CN1CC2. The first-order chi connectivity index (χ1) is 16.1. The van der Waals surface area contributed by atoms with E-state index >= 15 is 0 Å². The van der Waals surface area contributed by atoms with Gasteiger partial charge in [-0.05, 0) is 53.4 Å². The van der Waals surface area contributed by atoms with Gasteiger partial charge in [-0.15, -0.1) is 0 Å². The van der Waals surface area contributed by atoms with E-state index in [4.69, 9.17) is 18.4 Å². The number of rotatable bonds is 6. The first kappa shape index (κ1) is 22.0. The minimum Gasteiger partial charge on any atom is -0.493 e. The Balaban J connectivity index is 1.53. The lowest BCUT2D eigenvalue weighted by molar-refractivity contribution is 0.137. The van der Waals surface area contributed by atoms with E-state index in [9.17, 15) is 0 Å². The van der Waals surface area contributed by atoms with Crippen LogP contribution < -0.4 is 18.4 Å². The monoisotopic (exact) mass is 463 g/mol. The van der Waals surface area contributed by atoms with Crippen molar-refractivity contribution in [2.75, 3.05) is 27.9 Å². The standard InChI is InChI=1S/C27H29NO4S/c1-17-20-10-11-23(29-2)27(32-33-19-8-6-5-7-9-19)22(20)16-28-13-12-18-14-24(30-3)25(31-4)15-21(18)26(17)28/h5-11,14-15,17,26H,12-13,16H2,1-4H3. The molecule has 5 rings (SSSR count). The molecule has 0 amide bonds. The van der Waals surface area contributed by atoms with Gasteiger partial charge in [0.15, 0.2) is 23.0 Å². The minimum atomic E-state index is 0.282. The summed E-state index contributed by atoms with van der Waals surface area (Å²) in [5.41, 5.74) is 5.19. The quantitative estimate of drug-likeness (QED) is 0.417. The van der Waals surface area contributed by atoms with Crippen LogP contribution in [0.2, 0.25) is 0 Å². The highest BCUT2D eigenvalue weighted by Crippen LogP contribution is 2.51. The summed E-state index contributed by atoms with van der Waals surface area (Å²) in [5, 5.41) is 0. The van der Waals surface area contributed by atoms with E-state index in [0.717, 1.165) is 47.4 Å². The summed E-state index contributed by atoms with van der Waals surface area (Å²) < 4.78 is 23.2. The Morgan fingerprint density at radius 1 is 0.848 bits per heavy atom. The summed E-state index contributed by atoms with van der Waals surface area (Å²) in [4.78, 5) is 3.62. The van der Waals surface area contributed by atoms with E-state index < -0.39 is 0 Å². The van der Waals surface area contributed by atoms with E-state index in [1.54, 1.807) is 21.3 Å². The van der Waals surface area contributed by atoms with Crippen molar-refractivity contribution in [1.82, 2.24) is 4.90 Å². The van der Waals surface area contributed by atoms with Crippen LogP contribution in [0.1, 0.15) is 41.1 Å². The molecule has 172 valence electrons. The smallest absolute Gasteiger partial charge is 0.184 e. The largest absolute Gasteiger partial charge is 0.493 e.